The zero-order valence-electron chi connectivity index (χ0n) is 28.9. The molecule has 1 aliphatic rings. The number of alkyl carbamates (subject to hydrolysis) is 2. The molecule has 1 unspecified atom stereocenters. The molecule has 0 saturated heterocycles. The average molecular weight is 683 g/mol. The summed E-state index contributed by atoms with van der Waals surface area (Å²) in [5.74, 6) is -2.86. The smallest absolute Gasteiger partial charge is 0.408 e. The van der Waals surface area contributed by atoms with Gasteiger partial charge in [-0.2, -0.15) is 0 Å². The number of esters is 2. The van der Waals surface area contributed by atoms with Crippen molar-refractivity contribution in [3.8, 4) is 5.75 Å². The molecule has 1 aromatic carbocycles. The van der Waals surface area contributed by atoms with Crippen LogP contribution in [0.1, 0.15) is 85.3 Å². The van der Waals surface area contributed by atoms with Crippen LogP contribution in [0.5, 0.6) is 5.75 Å². The molecule has 0 aromatic heterocycles. The maximum atomic E-state index is 14.5. The number of nitrogens with one attached hydrogen (secondary N) is 2. The Hall–Kier alpha value is -4.36. The zero-order valence-corrected chi connectivity index (χ0v) is 28.9. The SMILES string of the molecule is CCOC(=O)C[C@@H](NC(=O)OC(C)(C)CCCOC(=O)C[C@H](NC(=O)OC(C)(C)C)c1ccc(OC)c(F)c1)C1C=CC(OC)=C(F)C1. The van der Waals surface area contributed by atoms with Crippen LogP contribution >= 0.6 is 0 Å². The van der Waals surface area contributed by atoms with E-state index in [4.69, 9.17) is 28.4 Å². The molecular formula is C34H48F2N2O10. The van der Waals surface area contributed by atoms with E-state index in [2.05, 4.69) is 10.6 Å². The maximum Gasteiger partial charge on any atom is 0.408 e. The lowest BCUT2D eigenvalue weighted by molar-refractivity contribution is -0.145. The monoisotopic (exact) mass is 682 g/mol. The van der Waals surface area contributed by atoms with E-state index < -0.39 is 65.0 Å². The molecule has 3 atom stereocenters. The molecule has 14 heteroatoms. The highest BCUT2D eigenvalue weighted by Crippen LogP contribution is 2.29. The molecule has 0 spiro atoms. The second-order valence-electron chi connectivity index (χ2n) is 12.7. The molecule has 1 aromatic rings. The van der Waals surface area contributed by atoms with Crippen LogP contribution in [-0.2, 0) is 33.3 Å². The van der Waals surface area contributed by atoms with E-state index >= 15 is 0 Å². The van der Waals surface area contributed by atoms with Crippen molar-refractivity contribution >= 4 is 24.1 Å². The van der Waals surface area contributed by atoms with Crippen molar-refractivity contribution in [1.29, 1.82) is 0 Å². The van der Waals surface area contributed by atoms with E-state index in [0.29, 0.717) is 12.0 Å². The fraction of sp³-hybridized carbons (Fsp3) is 0.588. The van der Waals surface area contributed by atoms with Crippen LogP contribution in [0.3, 0.4) is 0 Å². The van der Waals surface area contributed by atoms with E-state index in [1.54, 1.807) is 47.6 Å². The molecule has 12 nitrogen and oxygen atoms in total. The predicted octanol–water partition coefficient (Wildman–Crippen LogP) is 6.34. The number of carbonyl (C=O) groups is 4. The first-order valence-electron chi connectivity index (χ1n) is 15.7. The summed E-state index contributed by atoms with van der Waals surface area (Å²) in [6, 6.07) is 2.30. The van der Waals surface area contributed by atoms with Crippen molar-refractivity contribution in [2.24, 2.45) is 5.92 Å². The van der Waals surface area contributed by atoms with E-state index in [1.807, 2.05) is 0 Å². The number of hydrogen-bond donors (Lipinski definition) is 2. The van der Waals surface area contributed by atoms with Gasteiger partial charge >= 0.3 is 24.1 Å². The molecule has 0 bridgehead atoms. The minimum atomic E-state index is -1.01. The van der Waals surface area contributed by atoms with E-state index in [0.717, 1.165) is 6.07 Å². The number of rotatable bonds is 16. The second kappa shape index (κ2) is 18.3. The molecule has 0 radical (unpaired) electrons. The van der Waals surface area contributed by atoms with Gasteiger partial charge in [-0.15, -0.1) is 0 Å². The molecular weight excluding hydrogens is 634 g/mol. The van der Waals surface area contributed by atoms with Crippen molar-refractivity contribution in [2.75, 3.05) is 27.4 Å². The molecule has 2 amide bonds. The summed E-state index contributed by atoms with van der Waals surface area (Å²) in [5, 5.41) is 5.25. The van der Waals surface area contributed by atoms with Gasteiger partial charge in [-0.05, 0) is 78.2 Å². The second-order valence-corrected chi connectivity index (χ2v) is 12.7. The summed E-state index contributed by atoms with van der Waals surface area (Å²) in [4.78, 5) is 50.3. The third-order valence-electron chi connectivity index (χ3n) is 7.10. The van der Waals surface area contributed by atoms with Gasteiger partial charge in [-0.25, -0.2) is 18.4 Å². The van der Waals surface area contributed by atoms with Gasteiger partial charge in [-0.3, -0.25) is 9.59 Å². The van der Waals surface area contributed by atoms with Crippen LogP contribution in [-0.4, -0.2) is 68.8 Å². The lowest BCUT2D eigenvalue weighted by atomic mass is 9.89. The Bertz CT molecular complexity index is 1340. The van der Waals surface area contributed by atoms with Crippen LogP contribution in [0.15, 0.2) is 41.9 Å². The van der Waals surface area contributed by atoms with E-state index in [9.17, 15) is 28.0 Å². The highest BCUT2D eigenvalue weighted by molar-refractivity contribution is 5.74. The molecule has 2 N–H and O–H groups in total. The number of carbonyl (C=O) groups excluding carboxylic acids is 4. The topological polar surface area (TPSA) is 148 Å². The number of amides is 2. The molecule has 0 fully saturated rings. The summed E-state index contributed by atoms with van der Waals surface area (Å²) in [6.07, 6.45) is 1.50. The number of allylic oxidation sites excluding steroid dienone is 2. The number of hydrogen-bond acceptors (Lipinski definition) is 10. The molecule has 1 aliphatic carbocycles. The van der Waals surface area contributed by atoms with Gasteiger partial charge in [0, 0.05) is 18.4 Å². The minimum absolute atomic E-state index is 0.00270. The molecule has 0 aliphatic heterocycles. The molecule has 268 valence electrons. The fourth-order valence-electron chi connectivity index (χ4n) is 4.83. The Morgan fingerprint density at radius 3 is 2.17 bits per heavy atom. The van der Waals surface area contributed by atoms with Crippen LogP contribution in [0, 0.1) is 11.7 Å². The molecule has 0 saturated carbocycles. The van der Waals surface area contributed by atoms with Gasteiger partial charge in [-0.1, -0.05) is 12.1 Å². The summed E-state index contributed by atoms with van der Waals surface area (Å²) in [5.41, 5.74) is -1.51. The van der Waals surface area contributed by atoms with Gasteiger partial charge in [0.05, 0.1) is 46.3 Å². The Balaban J connectivity index is 1.95. The number of methoxy groups -OCH3 is 2. The Morgan fingerprint density at radius 1 is 0.917 bits per heavy atom. The zero-order chi connectivity index (χ0) is 36.1. The first-order valence-corrected chi connectivity index (χ1v) is 15.7. The predicted molar refractivity (Wildman–Crippen MR) is 171 cm³/mol. The largest absolute Gasteiger partial charge is 0.494 e. The summed E-state index contributed by atoms with van der Waals surface area (Å²) >= 11 is 0. The number of halogens is 2. The number of ether oxygens (including phenoxy) is 6. The van der Waals surface area contributed by atoms with Crippen molar-refractivity contribution in [3.63, 3.8) is 0 Å². The summed E-state index contributed by atoms with van der Waals surface area (Å²) < 4.78 is 60.1. The van der Waals surface area contributed by atoms with Gasteiger partial charge in [0.25, 0.3) is 0 Å². The fourth-order valence-corrected chi connectivity index (χ4v) is 4.83. The highest BCUT2D eigenvalue weighted by atomic mass is 19.1. The van der Waals surface area contributed by atoms with Gasteiger partial charge in [0.15, 0.2) is 11.6 Å². The van der Waals surface area contributed by atoms with Crippen molar-refractivity contribution in [2.45, 2.75) is 96.9 Å². The lowest BCUT2D eigenvalue weighted by Crippen LogP contribution is -2.45. The van der Waals surface area contributed by atoms with Crippen LogP contribution in [0.4, 0.5) is 18.4 Å². The third-order valence-corrected chi connectivity index (χ3v) is 7.10. The first-order chi connectivity index (χ1) is 22.5. The average Bonchev–Trinajstić information content (AvgIpc) is 2.97. The summed E-state index contributed by atoms with van der Waals surface area (Å²) in [7, 11) is 2.67. The Kier molecular flexibility index (Phi) is 15.1. The molecule has 0 heterocycles. The van der Waals surface area contributed by atoms with Crippen molar-refractivity contribution < 1.29 is 56.4 Å². The molecule has 2 rings (SSSR count). The number of benzene rings is 1. The quantitative estimate of drug-likeness (QED) is 0.115. The Labute approximate surface area is 280 Å². The third kappa shape index (κ3) is 13.8. The minimum Gasteiger partial charge on any atom is -0.494 e. The van der Waals surface area contributed by atoms with E-state index in [-0.39, 0.29) is 50.4 Å². The van der Waals surface area contributed by atoms with Crippen LogP contribution in [0.25, 0.3) is 0 Å². The van der Waals surface area contributed by atoms with Crippen molar-refractivity contribution in [1.82, 2.24) is 10.6 Å². The van der Waals surface area contributed by atoms with Crippen LogP contribution in [0.2, 0.25) is 0 Å². The van der Waals surface area contributed by atoms with Gasteiger partial charge < -0.3 is 39.1 Å². The highest BCUT2D eigenvalue weighted by Gasteiger charge is 2.32. The Morgan fingerprint density at radius 2 is 1.58 bits per heavy atom. The standard InChI is InChI=1S/C34H48F2N2O10/c1-9-45-29(39)19-25(21-11-13-27(43-7)23(35)17-21)38-32(42)48-34(5,6)15-10-16-46-30(40)20-26(37-31(41)47-33(2,3)4)22-12-14-28(44-8)24(36)18-22/h11-14,18,21,25-26H,9-10,15-17,19-20H2,1-8H3,(H,37,41)(H,38,42)/t21?,25-,26+/m1/s1. The summed E-state index contributed by atoms with van der Waals surface area (Å²) in [6.45, 7) is 10.2. The maximum absolute atomic E-state index is 14.5. The normalized spacial score (nSPS) is 15.9. The van der Waals surface area contributed by atoms with Crippen molar-refractivity contribution in [3.05, 3.63) is 53.3 Å². The van der Waals surface area contributed by atoms with Crippen LogP contribution < -0.4 is 15.4 Å². The van der Waals surface area contributed by atoms with Gasteiger partial charge in [0.1, 0.15) is 22.8 Å². The van der Waals surface area contributed by atoms with E-state index in [1.165, 1.54) is 32.4 Å². The van der Waals surface area contributed by atoms with Gasteiger partial charge in [0.2, 0.25) is 0 Å². The lowest BCUT2D eigenvalue weighted by Gasteiger charge is -2.30. The first kappa shape index (κ1) is 39.8. The molecule has 48 heavy (non-hydrogen) atoms.